The number of unbranched alkanes of at least 4 members (excludes halogenated alkanes) is 1. The molecule has 176 valence electrons. The number of anilines is 1. The Labute approximate surface area is 200 Å². The Hall–Kier alpha value is -3.80. The predicted octanol–water partition coefficient (Wildman–Crippen LogP) is 6.97. The fraction of sp³-hybridized carbons (Fsp3) is 0.286. The number of fused-ring (bicyclic) bond motifs is 1. The number of imidazole rings is 1. The Balaban J connectivity index is 1.68. The Bertz CT molecular complexity index is 1260. The lowest BCUT2D eigenvalue weighted by Crippen LogP contribution is -2.08. The Morgan fingerprint density at radius 3 is 2.53 bits per heavy atom. The van der Waals surface area contributed by atoms with Gasteiger partial charge in [0.15, 0.2) is 0 Å². The first-order valence-corrected chi connectivity index (χ1v) is 11.9. The van der Waals surface area contributed by atoms with E-state index in [2.05, 4.69) is 54.1 Å². The van der Waals surface area contributed by atoms with Crippen molar-refractivity contribution >= 4 is 22.9 Å². The summed E-state index contributed by atoms with van der Waals surface area (Å²) in [6, 6.07) is 21.7. The second kappa shape index (κ2) is 10.9. The lowest BCUT2D eigenvalue weighted by Gasteiger charge is -2.14. The van der Waals surface area contributed by atoms with E-state index in [9.17, 15) is 4.79 Å². The minimum absolute atomic E-state index is 0.330. The van der Waals surface area contributed by atoms with Gasteiger partial charge in [0.1, 0.15) is 11.6 Å². The third-order valence-electron chi connectivity index (χ3n) is 5.86. The van der Waals surface area contributed by atoms with Gasteiger partial charge >= 0.3 is 6.16 Å². The molecule has 0 fully saturated rings. The van der Waals surface area contributed by atoms with E-state index in [4.69, 9.17) is 14.8 Å². The van der Waals surface area contributed by atoms with Crippen molar-refractivity contribution in [2.45, 2.75) is 46.1 Å². The van der Waals surface area contributed by atoms with Crippen LogP contribution in [0.1, 0.15) is 44.5 Å². The third-order valence-corrected chi connectivity index (χ3v) is 5.86. The van der Waals surface area contributed by atoms with Gasteiger partial charge in [0, 0.05) is 25.1 Å². The van der Waals surface area contributed by atoms with E-state index >= 15 is 0 Å². The monoisotopic (exact) mass is 457 g/mol. The summed E-state index contributed by atoms with van der Waals surface area (Å²) in [6.07, 6.45) is 2.90. The fourth-order valence-corrected chi connectivity index (χ4v) is 4.19. The molecule has 0 saturated heterocycles. The van der Waals surface area contributed by atoms with Gasteiger partial charge in [0.25, 0.3) is 0 Å². The van der Waals surface area contributed by atoms with E-state index in [1.165, 1.54) is 0 Å². The molecule has 2 N–H and O–H groups in total. The van der Waals surface area contributed by atoms with Gasteiger partial charge in [-0.2, -0.15) is 0 Å². The summed E-state index contributed by atoms with van der Waals surface area (Å²) in [5, 5.41) is 12.6. The van der Waals surface area contributed by atoms with E-state index in [-0.39, 0.29) is 0 Å². The number of nitrogens with one attached hydrogen (secondary N) is 1. The van der Waals surface area contributed by atoms with Crippen molar-refractivity contribution in [3.05, 3.63) is 78.1 Å². The molecule has 0 aliphatic carbocycles. The molecule has 0 bridgehead atoms. The van der Waals surface area contributed by atoms with Crippen molar-refractivity contribution in [2.75, 3.05) is 11.9 Å². The molecule has 0 unspecified atom stereocenters. The normalized spacial score (nSPS) is 11.0. The maximum atomic E-state index is 11.1. The van der Waals surface area contributed by atoms with Crippen LogP contribution in [-0.2, 0) is 13.0 Å². The van der Waals surface area contributed by atoms with Gasteiger partial charge in [-0.05, 0) is 42.2 Å². The Morgan fingerprint density at radius 1 is 1.00 bits per heavy atom. The van der Waals surface area contributed by atoms with Crippen LogP contribution in [0.2, 0.25) is 0 Å². The second-order valence-electron chi connectivity index (χ2n) is 8.38. The first-order chi connectivity index (χ1) is 16.6. The summed E-state index contributed by atoms with van der Waals surface area (Å²) in [4.78, 5) is 16.0. The fourth-order valence-electron chi connectivity index (χ4n) is 4.19. The number of carbonyl (C=O) groups is 1. The van der Waals surface area contributed by atoms with Crippen LogP contribution in [0.25, 0.3) is 22.2 Å². The molecule has 0 aliphatic rings. The Morgan fingerprint density at radius 2 is 1.79 bits per heavy atom. The van der Waals surface area contributed by atoms with E-state index in [0.717, 1.165) is 71.5 Å². The summed E-state index contributed by atoms with van der Waals surface area (Å²) in [7, 11) is 0. The van der Waals surface area contributed by atoms with Crippen LogP contribution < -0.4 is 10.1 Å². The number of para-hydroxylation sites is 2. The molecule has 1 aromatic heterocycles. The van der Waals surface area contributed by atoms with E-state index < -0.39 is 6.16 Å². The minimum Gasteiger partial charge on any atom is -0.449 e. The molecule has 0 aliphatic heterocycles. The molecule has 4 rings (SSSR count). The van der Waals surface area contributed by atoms with Gasteiger partial charge in [0.05, 0.1) is 16.7 Å². The molecule has 1 heterocycles. The van der Waals surface area contributed by atoms with E-state index in [1.807, 2.05) is 24.3 Å². The minimum atomic E-state index is -1.32. The van der Waals surface area contributed by atoms with Gasteiger partial charge in [-0.3, -0.25) is 0 Å². The molecule has 6 heteroatoms. The van der Waals surface area contributed by atoms with Gasteiger partial charge in [-0.25, -0.2) is 9.78 Å². The average molecular weight is 458 g/mol. The molecule has 6 nitrogen and oxygen atoms in total. The maximum absolute atomic E-state index is 11.1. The molecule has 0 spiro atoms. The zero-order valence-electron chi connectivity index (χ0n) is 19.8. The molecule has 3 aromatic carbocycles. The topological polar surface area (TPSA) is 76.4 Å². The molecular weight excluding hydrogens is 426 g/mol. The molecule has 34 heavy (non-hydrogen) atoms. The highest BCUT2D eigenvalue weighted by Crippen LogP contribution is 2.31. The van der Waals surface area contributed by atoms with Crippen molar-refractivity contribution in [3.63, 3.8) is 0 Å². The first-order valence-electron chi connectivity index (χ1n) is 11.9. The smallest absolute Gasteiger partial charge is 0.449 e. The van der Waals surface area contributed by atoms with Crippen LogP contribution in [0.5, 0.6) is 5.75 Å². The molecular formula is C28H31N3O3. The predicted molar refractivity (Wildman–Crippen MR) is 137 cm³/mol. The highest BCUT2D eigenvalue weighted by atomic mass is 16.7. The van der Waals surface area contributed by atoms with Crippen molar-refractivity contribution < 1.29 is 14.6 Å². The zero-order chi connectivity index (χ0) is 23.9. The lowest BCUT2D eigenvalue weighted by molar-refractivity contribution is 0.144. The molecule has 0 atom stereocenters. The van der Waals surface area contributed by atoms with Crippen LogP contribution in [0.4, 0.5) is 10.5 Å². The van der Waals surface area contributed by atoms with Crippen LogP contribution in [0.3, 0.4) is 0 Å². The number of nitrogens with zero attached hydrogens (tertiary/aromatic N) is 2. The quantitative estimate of drug-likeness (QED) is 0.199. The number of hydrogen-bond acceptors (Lipinski definition) is 4. The standard InChI is InChI=1S/C28H31N3O3/c1-3-5-13-26-30-24-11-8-10-23(29-18-4-2)27(24)31(26)19-20-14-16-21(17-15-20)22-9-6-7-12-25(22)34-28(32)33/h6-12,14-17,29H,3-5,13,18-19H2,1-2H3,(H,32,33). The highest BCUT2D eigenvalue weighted by molar-refractivity contribution is 5.89. The second-order valence-corrected chi connectivity index (χ2v) is 8.38. The molecule has 4 aromatic rings. The van der Waals surface area contributed by atoms with Crippen LogP contribution in [0, 0.1) is 0 Å². The van der Waals surface area contributed by atoms with Crippen molar-refractivity contribution in [1.82, 2.24) is 9.55 Å². The van der Waals surface area contributed by atoms with Crippen molar-refractivity contribution in [3.8, 4) is 16.9 Å². The SMILES string of the molecule is CCCCc1nc2cccc(NCCC)c2n1Cc1ccc(-c2ccccc2OC(=O)O)cc1. The van der Waals surface area contributed by atoms with Crippen molar-refractivity contribution in [2.24, 2.45) is 0 Å². The van der Waals surface area contributed by atoms with E-state index in [1.54, 1.807) is 12.1 Å². The summed E-state index contributed by atoms with van der Waals surface area (Å²) in [5.74, 6) is 1.43. The number of rotatable bonds is 10. The lowest BCUT2D eigenvalue weighted by atomic mass is 10.0. The summed E-state index contributed by atoms with van der Waals surface area (Å²) >= 11 is 0. The largest absolute Gasteiger partial charge is 0.511 e. The Kier molecular flexibility index (Phi) is 7.48. The van der Waals surface area contributed by atoms with E-state index in [0.29, 0.717) is 12.3 Å². The molecule has 0 saturated carbocycles. The van der Waals surface area contributed by atoms with Gasteiger partial charge in [-0.15, -0.1) is 0 Å². The van der Waals surface area contributed by atoms with Crippen LogP contribution >= 0.6 is 0 Å². The van der Waals surface area contributed by atoms with Crippen LogP contribution in [0.15, 0.2) is 66.7 Å². The number of ether oxygens (including phenoxy) is 1. The third kappa shape index (κ3) is 5.22. The molecule has 0 radical (unpaired) electrons. The highest BCUT2D eigenvalue weighted by Gasteiger charge is 2.15. The first kappa shape index (κ1) is 23.4. The summed E-state index contributed by atoms with van der Waals surface area (Å²) < 4.78 is 7.29. The zero-order valence-corrected chi connectivity index (χ0v) is 19.8. The van der Waals surface area contributed by atoms with Gasteiger partial charge in [-0.1, -0.05) is 68.8 Å². The van der Waals surface area contributed by atoms with Crippen molar-refractivity contribution in [1.29, 1.82) is 0 Å². The van der Waals surface area contributed by atoms with Gasteiger partial charge in [0.2, 0.25) is 0 Å². The summed E-state index contributed by atoms with van der Waals surface area (Å²) in [5.41, 5.74) is 6.09. The number of aromatic nitrogens is 2. The average Bonchev–Trinajstić information content (AvgIpc) is 3.19. The van der Waals surface area contributed by atoms with Gasteiger partial charge < -0.3 is 19.7 Å². The number of hydrogen-bond donors (Lipinski definition) is 2. The number of aryl methyl sites for hydroxylation is 1. The molecule has 0 amide bonds. The maximum Gasteiger partial charge on any atom is 0.511 e. The number of benzene rings is 3. The van der Waals surface area contributed by atoms with Crippen LogP contribution in [-0.4, -0.2) is 27.4 Å². The summed E-state index contributed by atoms with van der Waals surface area (Å²) in [6.45, 7) is 6.00. The number of carboxylic acid groups (broad SMARTS) is 1.